The molecule has 0 saturated carbocycles. The van der Waals surface area contributed by atoms with Crippen LogP contribution in [0.15, 0.2) is 6.07 Å². The molecule has 0 aliphatic heterocycles. The zero-order valence-corrected chi connectivity index (χ0v) is 13.5. The highest BCUT2D eigenvalue weighted by atomic mass is 32.1. The van der Waals surface area contributed by atoms with Gasteiger partial charge in [-0.1, -0.05) is 33.6 Å². The molecular weight excluding hydrogens is 238 g/mol. The maximum atomic E-state index is 3.74. The maximum absolute atomic E-state index is 3.74. The van der Waals surface area contributed by atoms with Gasteiger partial charge < -0.3 is 5.32 Å². The fourth-order valence-electron chi connectivity index (χ4n) is 2.35. The molecule has 1 rings (SSSR count). The van der Waals surface area contributed by atoms with Crippen molar-refractivity contribution in [3.63, 3.8) is 0 Å². The molecule has 0 aliphatic rings. The molecule has 1 atom stereocenters. The van der Waals surface area contributed by atoms with Crippen LogP contribution in [0.1, 0.15) is 67.8 Å². The van der Waals surface area contributed by atoms with Gasteiger partial charge in [-0.05, 0) is 50.8 Å². The highest BCUT2D eigenvalue weighted by Gasteiger charge is 2.17. The number of hydrogen-bond acceptors (Lipinski definition) is 2. The zero-order valence-electron chi connectivity index (χ0n) is 12.7. The average Bonchev–Trinajstić information content (AvgIpc) is 2.70. The normalized spacial score (nSPS) is 13.2. The van der Waals surface area contributed by atoms with Crippen molar-refractivity contribution in [2.45, 2.75) is 66.3 Å². The summed E-state index contributed by atoms with van der Waals surface area (Å²) in [6.07, 6.45) is 5.09. The Morgan fingerprint density at radius 1 is 1.17 bits per heavy atom. The Kier molecular flexibility index (Phi) is 6.95. The Hall–Kier alpha value is -0.340. The second-order valence-electron chi connectivity index (χ2n) is 5.31. The summed E-state index contributed by atoms with van der Waals surface area (Å²) in [5.74, 6) is 0.849. The molecule has 1 aromatic rings. The predicted octanol–water partition coefficient (Wildman–Crippen LogP) is 5.23. The lowest BCUT2D eigenvalue weighted by Crippen LogP contribution is -2.23. The summed E-state index contributed by atoms with van der Waals surface area (Å²) in [4.78, 5) is 3.00. The van der Waals surface area contributed by atoms with E-state index in [0.29, 0.717) is 6.04 Å². The van der Waals surface area contributed by atoms with Gasteiger partial charge in [0.25, 0.3) is 0 Å². The highest BCUT2D eigenvalue weighted by molar-refractivity contribution is 7.12. The molecule has 18 heavy (non-hydrogen) atoms. The number of hydrogen-bond donors (Lipinski definition) is 1. The fourth-order valence-corrected chi connectivity index (χ4v) is 3.48. The van der Waals surface area contributed by atoms with Crippen molar-refractivity contribution < 1.29 is 0 Å². The van der Waals surface area contributed by atoms with Crippen molar-refractivity contribution in [1.82, 2.24) is 5.32 Å². The van der Waals surface area contributed by atoms with Crippen molar-refractivity contribution in [2.75, 3.05) is 6.54 Å². The lowest BCUT2D eigenvalue weighted by molar-refractivity contribution is 0.374. The minimum Gasteiger partial charge on any atom is -0.309 e. The molecule has 0 spiro atoms. The Balaban J connectivity index is 2.76. The molecule has 0 saturated heterocycles. The lowest BCUT2D eigenvalue weighted by atomic mass is 9.94. The lowest BCUT2D eigenvalue weighted by Gasteiger charge is -2.22. The van der Waals surface area contributed by atoms with Gasteiger partial charge in [-0.2, -0.15) is 0 Å². The molecule has 1 nitrogen and oxygen atoms in total. The SMILES string of the molecule is CCCNC(CC(CC)CC)c1cc(C)c(C)s1. The van der Waals surface area contributed by atoms with Crippen molar-refractivity contribution >= 4 is 11.3 Å². The summed E-state index contributed by atoms with van der Waals surface area (Å²) < 4.78 is 0. The molecule has 1 aromatic heterocycles. The molecule has 1 unspecified atom stereocenters. The topological polar surface area (TPSA) is 12.0 Å². The molecule has 104 valence electrons. The van der Waals surface area contributed by atoms with Crippen LogP contribution < -0.4 is 5.32 Å². The third-order valence-corrected chi connectivity index (χ3v) is 5.16. The smallest absolute Gasteiger partial charge is 0.0417 e. The van der Waals surface area contributed by atoms with Gasteiger partial charge in [0.15, 0.2) is 0 Å². The fraction of sp³-hybridized carbons (Fsp3) is 0.750. The Bertz CT molecular complexity index is 319. The van der Waals surface area contributed by atoms with Gasteiger partial charge in [0.05, 0.1) is 0 Å². The van der Waals surface area contributed by atoms with E-state index in [1.165, 1.54) is 41.0 Å². The second-order valence-corrected chi connectivity index (χ2v) is 6.60. The quantitative estimate of drug-likeness (QED) is 0.680. The van der Waals surface area contributed by atoms with Crippen LogP contribution in [0.25, 0.3) is 0 Å². The Morgan fingerprint density at radius 3 is 2.28 bits per heavy atom. The van der Waals surface area contributed by atoms with E-state index in [2.05, 4.69) is 46.0 Å². The second kappa shape index (κ2) is 7.96. The van der Waals surface area contributed by atoms with Gasteiger partial charge in [-0.25, -0.2) is 0 Å². The Morgan fingerprint density at radius 2 is 1.83 bits per heavy atom. The van der Waals surface area contributed by atoms with E-state index in [0.717, 1.165) is 12.5 Å². The highest BCUT2D eigenvalue weighted by Crippen LogP contribution is 2.31. The molecule has 2 heteroatoms. The van der Waals surface area contributed by atoms with Crippen LogP contribution in [0.2, 0.25) is 0 Å². The zero-order chi connectivity index (χ0) is 13.5. The summed E-state index contributed by atoms with van der Waals surface area (Å²) in [6, 6.07) is 2.95. The van der Waals surface area contributed by atoms with Crippen molar-refractivity contribution in [2.24, 2.45) is 5.92 Å². The third kappa shape index (κ3) is 4.40. The van der Waals surface area contributed by atoms with E-state index < -0.39 is 0 Å². The molecular formula is C16H29NS. The number of rotatable bonds is 8. The summed E-state index contributed by atoms with van der Waals surface area (Å²) in [5.41, 5.74) is 1.45. The van der Waals surface area contributed by atoms with Crippen LogP contribution in [0.5, 0.6) is 0 Å². The number of thiophene rings is 1. The molecule has 0 aromatic carbocycles. The number of nitrogens with one attached hydrogen (secondary N) is 1. The van der Waals surface area contributed by atoms with Crippen molar-refractivity contribution in [1.29, 1.82) is 0 Å². The van der Waals surface area contributed by atoms with Crippen LogP contribution >= 0.6 is 11.3 Å². The third-order valence-electron chi connectivity index (χ3n) is 3.89. The molecule has 0 bridgehead atoms. The molecule has 0 amide bonds. The van der Waals surface area contributed by atoms with E-state index in [4.69, 9.17) is 0 Å². The van der Waals surface area contributed by atoms with Gasteiger partial charge in [0.2, 0.25) is 0 Å². The average molecular weight is 267 g/mol. The summed E-state index contributed by atoms with van der Waals surface area (Å²) in [7, 11) is 0. The van der Waals surface area contributed by atoms with Gasteiger partial charge >= 0.3 is 0 Å². The number of aryl methyl sites for hydroxylation is 2. The van der Waals surface area contributed by atoms with E-state index in [9.17, 15) is 0 Å². The largest absolute Gasteiger partial charge is 0.309 e. The van der Waals surface area contributed by atoms with Crippen molar-refractivity contribution in [3.8, 4) is 0 Å². The van der Waals surface area contributed by atoms with Crippen LogP contribution in [0, 0.1) is 19.8 Å². The molecule has 0 radical (unpaired) electrons. The molecule has 1 N–H and O–H groups in total. The van der Waals surface area contributed by atoms with Gasteiger partial charge in [0, 0.05) is 15.8 Å². The van der Waals surface area contributed by atoms with Gasteiger partial charge in [0.1, 0.15) is 0 Å². The first-order chi connectivity index (χ1) is 8.62. The van der Waals surface area contributed by atoms with E-state index in [-0.39, 0.29) is 0 Å². The van der Waals surface area contributed by atoms with Gasteiger partial charge in [-0.3, -0.25) is 0 Å². The molecule has 0 fully saturated rings. The van der Waals surface area contributed by atoms with Crippen LogP contribution in [-0.2, 0) is 0 Å². The molecule has 0 aliphatic carbocycles. The van der Waals surface area contributed by atoms with E-state index in [1.807, 2.05) is 11.3 Å². The van der Waals surface area contributed by atoms with Crippen LogP contribution in [-0.4, -0.2) is 6.54 Å². The minimum atomic E-state index is 0.562. The van der Waals surface area contributed by atoms with E-state index >= 15 is 0 Å². The summed E-state index contributed by atoms with van der Waals surface area (Å²) in [5, 5.41) is 3.74. The Labute approximate surface area is 117 Å². The van der Waals surface area contributed by atoms with Gasteiger partial charge in [-0.15, -0.1) is 11.3 Å². The van der Waals surface area contributed by atoms with Crippen LogP contribution in [0.4, 0.5) is 0 Å². The summed E-state index contributed by atoms with van der Waals surface area (Å²) >= 11 is 1.97. The van der Waals surface area contributed by atoms with E-state index in [1.54, 1.807) is 0 Å². The first-order valence-electron chi connectivity index (χ1n) is 7.42. The summed E-state index contributed by atoms with van der Waals surface area (Å²) in [6.45, 7) is 12.5. The molecule has 1 heterocycles. The first kappa shape index (κ1) is 15.7. The minimum absolute atomic E-state index is 0.562. The first-order valence-corrected chi connectivity index (χ1v) is 8.24. The monoisotopic (exact) mass is 267 g/mol. The standard InChI is InChI=1S/C16H29NS/c1-6-9-17-15(11-14(7-2)8-3)16-10-12(4)13(5)18-16/h10,14-15,17H,6-9,11H2,1-5H3. The predicted molar refractivity (Wildman–Crippen MR) is 83.5 cm³/mol. The maximum Gasteiger partial charge on any atom is 0.0417 e. The van der Waals surface area contributed by atoms with Crippen LogP contribution in [0.3, 0.4) is 0 Å². The van der Waals surface area contributed by atoms with Crippen molar-refractivity contribution in [3.05, 3.63) is 21.4 Å².